The minimum atomic E-state index is -0.0263. The molecular formula is C61H115NO4. The fourth-order valence-corrected chi connectivity index (χ4v) is 8.76. The summed E-state index contributed by atoms with van der Waals surface area (Å²) in [6, 6.07) is 0. The predicted octanol–water partition coefficient (Wildman–Crippen LogP) is 19.1. The minimum Gasteiger partial charge on any atom is -0.466 e. The molecule has 5 heteroatoms. The highest BCUT2D eigenvalue weighted by atomic mass is 16.5. The van der Waals surface area contributed by atoms with Crippen molar-refractivity contribution in [3.8, 4) is 0 Å². The summed E-state index contributed by atoms with van der Waals surface area (Å²) in [5.41, 5.74) is 0. The summed E-state index contributed by atoms with van der Waals surface area (Å²) in [5.74, 6) is -0.0263. The molecule has 0 aromatic carbocycles. The summed E-state index contributed by atoms with van der Waals surface area (Å²) in [7, 11) is 0. The normalized spacial score (nSPS) is 13.2. The van der Waals surface area contributed by atoms with Crippen molar-refractivity contribution in [3.05, 3.63) is 48.6 Å². The molecule has 0 saturated heterocycles. The van der Waals surface area contributed by atoms with Gasteiger partial charge >= 0.3 is 5.97 Å². The number of ether oxygens (including phenoxy) is 3. The average molecular weight is 927 g/mol. The van der Waals surface area contributed by atoms with E-state index in [1.54, 1.807) is 0 Å². The first-order valence-electron chi connectivity index (χ1n) is 29.3. The highest BCUT2D eigenvalue weighted by Gasteiger charge is 2.23. The third-order valence-electron chi connectivity index (χ3n) is 13.3. The second-order valence-corrected chi connectivity index (χ2v) is 19.5. The van der Waals surface area contributed by atoms with Crippen molar-refractivity contribution in [1.82, 2.24) is 4.90 Å². The molecule has 0 rings (SSSR count). The first-order valence-corrected chi connectivity index (χ1v) is 29.3. The Bertz CT molecular complexity index is 1060. The molecule has 66 heavy (non-hydrogen) atoms. The maximum atomic E-state index is 12.3. The molecule has 0 bridgehead atoms. The average Bonchev–Trinajstić information content (AvgIpc) is 3.33. The summed E-state index contributed by atoms with van der Waals surface area (Å²) in [5, 5.41) is 0. The van der Waals surface area contributed by atoms with Gasteiger partial charge in [0.25, 0.3) is 0 Å². The van der Waals surface area contributed by atoms with Crippen LogP contribution in [0, 0.1) is 0 Å². The fraction of sp³-hybridized carbons (Fsp3) is 0.852. The van der Waals surface area contributed by atoms with Crippen LogP contribution in [0.4, 0.5) is 0 Å². The molecular weight excluding hydrogens is 811 g/mol. The maximum absolute atomic E-state index is 12.3. The van der Waals surface area contributed by atoms with Crippen LogP contribution in [0.5, 0.6) is 0 Å². The number of allylic oxidation sites excluding steroid dienone is 8. The van der Waals surface area contributed by atoms with Gasteiger partial charge in [0.2, 0.25) is 0 Å². The molecule has 0 aliphatic heterocycles. The molecule has 0 amide bonds. The zero-order valence-electron chi connectivity index (χ0n) is 45.2. The molecule has 0 radical (unpaired) electrons. The van der Waals surface area contributed by atoms with Crippen molar-refractivity contribution in [2.45, 2.75) is 297 Å². The topological polar surface area (TPSA) is 48.0 Å². The molecule has 2 atom stereocenters. The Morgan fingerprint density at radius 1 is 0.379 bits per heavy atom. The number of rotatable bonds is 54. The molecule has 0 aliphatic carbocycles. The zero-order valence-corrected chi connectivity index (χ0v) is 45.2. The van der Waals surface area contributed by atoms with E-state index in [1.807, 2.05) is 0 Å². The standard InChI is InChI=1S/C61H115NO4/c1-6-11-14-17-20-22-24-26-28-30-32-34-36-38-44-49-56-64-59(52-46-41-19-16-13-8-3)60(53-47-42-40-43-48-54-61(63)66-58-51-55-62(9-4)10-5)65-57-50-45-39-37-35-33-31-29-27-25-23-21-18-15-12-7-2/h20-23,26-29,59-60H,6-19,24-25,30-58H2,1-5H3/b22-20-,23-21-,28-26-,29-27-. The highest BCUT2D eigenvalue weighted by molar-refractivity contribution is 5.69. The first kappa shape index (κ1) is 64.3. The molecule has 0 N–H and O–H groups in total. The van der Waals surface area contributed by atoms with Crippen LogP contribution in [0.15, 0.2) is 48.6 Å². The molecule has 0 aromatic heterocycles. The van der Waals surface area contributed by atoms with Crippen LogP contribution in [0.1, 0.15) is 285 Å². The lowest BCUT2D eigenvalue weighted by Crippen LogP contribution is -2.32. The second-order valence-electron chi connectivity index (χ2n) is 19.5. The van der Waals surface area contributed by atoms with E-state index in [-0.39, 0.29) is 18.2 Å². The minimum absolute atomic E-state index is 0.0263. The Balaban J connectivity index is 4.87. The van der Waals surface area contributed by atoms with Crippen LogP contribution in [0.3, 0.4) is 0 Å². The molecule has 0 aliphatic rings. The largest absolute Gasteiger partial charge is 0.466 e. The van der Waals surface area contributed by atoms with E-state index in [2.05, 4.69) is 88.1 Å². The highest BCUT2D eigenvalue weighted by Crippen LogP contribution is 2.22. The van der Waals surface area contributed by atoms with Gasteiger partial charge in [-0.3, -0.25) is 4.79 Å². The number of nitrogens with zero attached hydrogens (tertiary/aromatic N) is 1. The summed E-state index contributed by atoms with van der Waals surface area (Å²) >= 11 is 0. The van der Waals surface area contributed by atoms with Crippen molar-refractivity contribution in [2.75, 3.05) is 39.5 Å². The quantitative estimate of drug-likeness (QED) is 0.0346. The smallest absolute Gasteiger partial charge is 0.305 e. The molecule has 0 saturated carbocycles. The number of carbonyl (C=O) groups excluding carboxylic acids is 1. The summed E-state index contributed by atoms with van der Waals surface area (Å²) in [6.45, 7) is 16.6. The second kappa shape index (κ2) is 55.9. The van der Waals surface area contributed by atoms with Crippen LogP contribution < -0.4 is 0 Å². The van der Waals surface area contributed by atoms with Gasteiger partial charge in [0.1, 0.15) is 0 Å². The van der Waals surface area contributed by atoms with Crippen molar-refractivity contribution in [2.24, 2.45) is 0 Å². The maximum Gasteiger partial charge on any atom is 0.305 e. The van der Waals surface area contributed by atoms with E-state index in [0.29, 0.717) is 13.0 Å². The molecule has 0 aromatic rings. The lowest BCUT2D eigenvalue weighted by molar-refractivity contribution is -0.144. The van der Waals surface area contributed by atoms with Crippen LogP contribution >= 0.6 is 0 Å². The number of esters is 1. The van der Waals surface area contributed by atoms with E-state index >= 15 is 0 Å². The van der Waals surface area contributed by atoms with Crippen LogP contribution in [0.25, 0.3) is 0 Å². The molecule has 0 spiro atoms. The van der Waals surface area contributed by atoms with Crippen LogP contribution in [-0.2, 0) is 19.0 Å². The molecule has 5 nitrogen and oxygen atoms in total. The molecule has 2 unspecified atom stereocenters. The molecule has 0 fully saturated rings. The van der Waals surface area contributed by atoms with E-state index in [1.165, 1.54) is 186 Å². The van der Waals surface area contributed by atoms with E-state index < -0.39 is 0 Å². The van der Waals surface area contributed by atoms with Gasteiger partial charge in [-0.1, -0.05) is 224 Å². The number of carbonyl (C=O) groups is 1. The third-order valence-corrected chi connectivity index (χ3v) is 13.3. The Hall–Kier alpha value is -1.69. The zero-order chi connectivity index (χ0) is 47.9. The van der Waals surface area contributed by atoms with Crippen molar-refractivity contribution in [3.63, 3.8) is 0 Å². The van der Waals surface area contributed by atoms with Gasteiger partial charge < -0.3 is 19.1 Å². The summed E-state index contributed by atoms with van der Waals surface area (Å²) in [4.78, 5) is 14.7. The van der Waals surface area contributed by atoms with Crippen molar-refractivity contribution < 1.29 is 19.0 Å². The van der Waals surface area contributed by atoms with Gasteiger partial charge in [-0.05, 0) is 116 Å². The predicted molar refractivity (Wildman–Crippen MR) is 292 cm³/mol. The van der Waals surface area contributed by atoms with Gasteiger partial charge in [0.15, 0.2) is 0 Å². The Morgan fingerprint density at radius 3 is 1.15 bits per heavy atom. The lowest BCUT2D eigenvalue weighted by atomic mass is 9.99. The van der Waals surface area contributed by atoms with Gasteiger partial charge in [-0.2, -0.15) is 0 Å². The van der Waals surface area contributed by atoms with E-state index in [0.717, 1.165) is 90.6 Å². The SMILES string of the molecule is CCCCC/C=C\C/C=C\CCCCCCCCOC(CCCCCCCC)C(CCCCCCCC(=O)OCCCN(CC)CC)OCCCCCCCC/C=C\C/C=C\CCCCC. The van der Waals surface area contributed by atoms with Crippen molar-refractivity contribution >= 4 is 5.97 Å². The van der Waals surface area contributed by atoms with E-state index in [9.17, 15) is 4.79 Å². The van der Waals surface area contributed by atoms with E-state index in [4.69, 9.17) is 14.2 Å². The van der Waals surface area contributed by atoms with Crippen molar-refractivity contribution in [1.29, 1.82) is 0 Å². The number of hydrogen-bond acceptors (Lipinski definition) is 5. The van der Waals surface area contributed by atoms with Gasteiger partial charge in [0.05, 0.1) is 18.8 Å². The summed E-state index contributed by atoms with van der Waals surface area (Å²) in [6.07, 6.45) is 66.9. The Kier molecular flexibility index (Phi) is 54.5. The van der Waals surface area contributed by atoms with Gasteiger partial charge in [0, 0.05) is 26.2 Å². The number of unbranched alkanes of at least 4 members (excludes halogenated alkanes) is 27. The van der Waals surface area contributed by atoms with Gasteiger partial charge in [-0.15, -0.1) is 0 Å². The lowest BCUT2D eigenvalue weighted by Gasteiger charge is -2.28. The van der Waals surface area contributed by atoms with Crippen LogP contribution in [-0.4, -0.2) is 62.5 Å². The Labute approximate surface area is 413 Å². The number of hydrogen-bond donors (Lipinski definition) is 0. The van der Waals surface area contributed by atoms with Crippen LogP contribution in [0.2, 0.25) is 0 Å². The monoisotopic (exact) mass is 926 g/mol. The summed E-state index contributed by atoms with van der Waals surface area (Å²) < 4.78 is 19.2. The fourth-order valence-electron chi connectivity index (χ4n) is 8.76. The third kappa shape index (κ3) is 48.8. The molecule has 388 valence electrons. The van der Waals surface area contributed by atoms with Gasteiger partial charge in [-0.25, -0.2) is 0 Å². The first-order chi connectivity index (χ1) is 32.6. The molecule has 0 heterocycles. The Morgan fingerprint density at radius 2 is 0.727 bits per heavy atom.